The number of thiocarbonyl (C=S) groups is 1. The van der Waals surface area contributed by atoms with Gasteiger partial charge in [-0.15, -0.1) is 11.3 Å². The maximum Gasteiger partial charge on any atom is 0.263 e. The van der Waals surface area contributed by atoms with Crippen molar-refractivity contribution in [1.29, 1.82) is 0 Å². The van der Waals surface area contributed by atoms with E-state index in [1.807, 2.05) is 30.2 Å². The van der Waals surface area contributed by atoms with Gasteiger partial charge in [-0.05, 0) is 38.2 Å². The molecule has 0 aromatic carbocycles. The molecule has 19 heavy (non-hydrogen) atoms. The SMILES string of the molecule is CSC1(C(N)=S)CCN(C(=O)c2ccc(C)s2)CC1. The van der Waals surface area contributed by atoms with Crippen molar-refractivity contribution < 1.29 is 4.79 Å². The Hall–Kier alpha value is -0.590. The summed E-state index contributed by atoms with van der Waals surface area (Å²) in [6.07, 6.45) is 3.73. The van der Waals surface area contributed by atoms with Crippen molar-refractivity contribution in [3.05, 3.63) is 21.9 Å². The molecule has 6 heteroatoms. The van der Waals surface area contributed by atoms with Crippen molar-refractivity contribution in [1.82, 2.24) is 4.90 Å². The van der Waals surface area contributed by atoms with E-state index in [9.17, 15) is 4.79 Å². The Balaban J connectivity index is 2.04. The highest BCUT2D eigenvalue weighted by atomic mass is 32.2. The van der Waals surface area contributed by atoms with Crippen molar-refractivity contribution in [3.8, 4) is 0 Å². The highest BCUT2D eigenvalue weighted by Crippen LogP contribution is 2.35. The van der Waals surface area contributed by atoms with E-state index < -0.39 is 0 Å². The van der Waals surface area contributed by atoms with Crippen LogP contribution in [0.5, 0.6) is 0 Å². The van der Waals surface area contributed by atoms with Gasteiger partial charge in [0.2, 0.25) is 0 Å². The standard InChI is InChI=1S/C13H18N2OS3/c1-9-3-4-10(19-9)11(16)15-7-5-13(18-2,6-8-15)12(14)17/h3-4H,5-8H2,1-2H3,(H2,14,17). The van der Waals surface area contributed by atoms with Gasteiger partial charge in [0.05, 0.1) is 14.6 Å². The lowest BCUT2D eigenvalue weighted by Gasteiger charge is -2.39. The topological polar surface area (TPSA) is 46.3 Å². The van der Waals surface area contributed by atoms with Crippen LogP contribution in [-0.2, 0) is 0 Å². The van der Waals surface area contributed by atoms with E-state index in [4.69, 9.17) is 18.0 Å². The lowest BCUT2D eigenvalue weighted by Crippen LogP contribution is -2.50. The highest BCUT2D eigenvalue weighted by molar-refractivity contribution is 8.02. The Morgan fingerprint density at radius 3 is 2.53 bits per heavy atom. The van der Waals surface area contributed by atoms with Crippen LogP contribution in [0.3, 0.4) is 0 Å². The molecule has 0 radical (unpaired) electrons. The van der Waals surface area contributed by atoms with Gasteiger partial charge in [0, 0.05) is 18.0 Å². The molecule has 0 saturated carbocycles. The molecule has 1 aliphatic rings. The van der Waals surface area contributed by atoms with E-state index in [0.29, 0.717) is 4.99 Å². The minimum atomic E-state index is -0.128. The number of nitrogens with two attached hydrogens (primary N) is 1. The maximum atomic E-state index is 12.3. The number of hydrogen-bond acceptors (Lipinski definition) is 4. The summed E-state index contributed by atoms with van der Waals surface area (Å²) in [5, 5.41) is 0. The lowest BCUT2D eigenvalue weighted by molar-refractivity contribution is 0.0724. The van der Waals surface area contributed by atoms with Gasteiger partial charge in [-0.2, -0.15) is 11.8 Å². The number of carbonyl (C=O) groups is 1. The van der Waals surface area contributed by atoms with Crippen molar-refractivity contribution in [2.45, 2.75) is 24.5 Å². The van der Waals surface area contributed by atoms with Gasteiger partial charge in [0.1, 0.15) is 0 Å². The molecule has 2 rings (SSSR count). The van der Waals surface area contributed by atoms with Crippen LogP contribution >= 0.6 is 35.3 Å². The molecule has 2 heterocycles. The first-order valence-electron chi connectivity index (χ1n) is 6.19. The molecule has 0 bridgehead atoms. The zero-order valence-corrected chi connectivity index (χ0v) is 13.6. The molecule has 2 N–H and O–H groups in total. The zero-order valence-electron chi connectivity index (χ0n) is 11.1. The molecule has 104 valence electrons. The van der Waals surface area contributed by atoms with Crippen LogP contribution in [-0.4, -0.2) is 39.9 Å². The first kappa shape index (κ1) is 14.8. The van der Waals surface area contributed by atoms with Crippen LogP contribution in [0.4, 0.5) is 0 Å². The van der Waals surface area contributed by atoms with Gasteiger partial charge in [-0.3, -0.25) is 4.79 Å². The second-order valence-electron chi connectivity index (χ2n) is 4.77. The number of likely N-dealkylation sites (tertiary alicyclic amines) is 1. The average Bonchev–Trinajstić information content (AvgIpc) is 2.84. The van der Waals surface area contributed by atoms with Crippen molar-refractivity contribution in [3.63, 3.8) is 0 Å². The third-order valence-corrected chi connectivity index (χ3v) is 6.57. The van der Waals surface area contributed by atoms with Gasteiger partial charge >= 0.3 is 0 Å². The number of rotatable bonds is 3. The summed E-state index contributed by atoms with van der Waals surface area (Å²) < 4.78 is -0.128. The van der Waals surface area contributed by atoms with E-state index >= 15 is 0 Å². The third-order valence-electron chi connectivity index (χ3n) is 3.65. The molecular formula is C13H18N2OS3. The van der Waals surface area contributed by atoms with Crippen LogP contribution in [0.25, 0.3) is 0 Å². The first-order valence-corrected chi connectivity index (χ1v) is 8.64. The van der Waals surface area contributed by atoms with E-state index in [1.165, 1.54) is 4.88 Å². The Kier molecular flexibility index (Phi) is 4.53. The van der Waals surface area contributed by atoms with Crippen LogP contribution < -0.4 is 5.73 Å². The van der Waals surface area contributed by atoms with E-state index in [-0.39, 0.29) is 10.7 Å². The molecule has 0 aliphatic carbocycles. The normalized spacial score (nSPS) is 18.3. The second-order valence-corrected chi connectivity index (χ2v) is 7.68. The van der Waals surface area contributed by atoms with Crippen molar-refractivity contribution in [2.24, 2.45) is 5.73 Å². The number of nitrogens with zero attached hydrogens (tertiary/aromatic N) is 1. The smallest absolute Gasteiger partial charge is 0.263 e. The molecule has 0 unspecified atom stereocenters. The lowest BCUT2D eigenvalue weighted by atomic mass is 9.95. The minimum absolute atomic E-state index is 0.128. The average molecular weight is 315 g/mol. The molecule has 1 fully saturated rings. The number of thioether (sulfide) groups is 1. The van der Waals surface area contributed by atoms with Crippen molar-refractivity contribution in [2.75, 3.05) is 19.3 Å². The Morgan fingerprint density at radius 2 is 2.11 bits per heavy atom. The van der Waals surface area contributed by atoms with E-state index in [0.717, 1.165) is 30.8 Å². The molecule has 3 nitrogen and oxygen atoms in total. The molecule has 0 atom stereocenters. The number of piperidine rings is 1. The molecular weight excluding hydrogens is 296 g/mol. The minimum Gasteiger partial charge on any atom is -0.392 e. The van der Waals surface area contributed by atoms with Crippen molar-refractivity contribution >= 4 is 46.2 Å². The van der Waals surface area contributed by atoms with Gasteiger partial charge < -0.3 is 10.6 Å². The van der Waals surface area contributed by atoms with Crippen LogP contribution in [0, 0.1) is 6.92 Å². The Morgan fingerprint density at radius 1 is 1.47 bits per heavy atom. The van der Waals surface area contributed by atoms with E-state index in [2.05, 4.69) is 0 Å². The van der Waals surface area contributed by atoms with Gasteiger partial charge in [0.15, 0.2) is 0 Å². The summed E-state index contributed by atoms with van der Waals surface area (Å²) in [7, 11) is 0. The summed E-state index contributed by atoms with van der Waals surface area (Å²) in [4.78, 5) is 16.8. The number of hydrogen-bond donors (Lipinski definition) is 1. The maximum absolute atomic E-state index is 12.3. The number of amides is 1. The zero-order chi connectivity index (χ0) is 14.0. The highest BCUT2D eigenvalue weighted by Gasteiger charge is 2.38. The monoisotopic (exact) mass is 314 g/mol. The van der Waals surface area contributed by atoms with Crippen LogP contribution in [0.2, 0.25) is 0 Å². The van der Waals surface area contributed by atoms with Crippen LogP contribution in [0.1, 0.15) is 27.4 Å². The molecule has 1 aromatic rings. The number of carbonyl (C=O) groups excluding carboxylic acids is 1. The summed E-state index contributed by atoms with van der Waals surface area (Å²) >= 11 is 8.45. The quantitative estimate of drug-likeness (QED) is 0.871. The van der Waals surface area contributed by atoms with Gasteiger partial charge in [-0.25, -0.2) is 0 Å². The second kappa shape index (κ2) is 5.81. The summed E-state index contributed by atoms with van der Waals surface area (Å²) in [5.74, 6) is 0.135. The summed E-state index contributed by atoms with van der Waals surface area (Å²) in [6, 6.07) is 3.90. The Bertz CT molecular complexity index is 490. The van der Waals surface area contributed by atoms with Gasteiger partial charge in [0.25, 0.3) is 5.91 Å². The van der Waals surface area contributed by atoms with Gasteiger partial charge in [-0.1, -0.05) is 12.2 Å². The molecule has 1 saturated heterocycles. The predicted molar refractivity (Wildman–Crippen MR) is 87.2 cm³/mol. The molecule has 1 aliphatic heterocycles. The molecule has 0 spiro atoms. The first-order chi connectivity index (χ1) is 8.98. The fraction of sp³-hybridized carbons (Fsp3) is 0.538. The summed E-state index contributed by atoms with van der Waals surface area (Å²) in [5.41, 5.74) is 5.86. The molecule has 1 amide bonds. The third kappa shape index (κ3) is 2.95. The summed E-state index contributed by atoms with van der Waals surface area (Å²) in [6.45, 7) is 3.48. The molecule has 1 aromatic heterocycles. The van der Waals surface area contributed by atoms with Crippen LogP contribution in [0.15, 0.2) is 12.1 Å². The number of thiophene rings is 1. The predicted octanol–water partition coefficient (Wildman–Crippen LogP) is 2.68. The number of aryl methyl sites for hydroxylation is 1. The van der Waals surface area contributed by atoms with E-state index in [1.54, 1.807) is 23.1 Å². The Labute approximate surface area is 127 Å². The largest absolute Gasteiger partial charge is 0.392 e. The fourth-order valence-electron chi connectivity index (χ4n) is 2.33. The fourth-order valence-corrected chi connectivity index (χ4v) is 4.41.